The van der Waals surface area contributed by atoms with Gasteiger partial charge >= 0.3 is 0 Å². The zero-order valence-corrected chi connectivity index (χ0v) is 9.44. The van der Waals surface area contributed by atoms with E-state index in [2.05, 4.69) is 29.8 Å². The second-order valence-electron chi connectivity index (χ2n) is 4.42. The largest absolute Gasteiger partial charge is 0.322 e. The van der Waals surface area contributed by atoms with Crippen LogP contribution in [0.1, 0.15) is 37.1 Å². The van der Waals surface area contributed by atoms with Crippen LogP contribution in [-0.4, -0.2) is 12.1 Å². The second kappa shape index (κ2) is 4.01. The lowest BCUT2D eigenvalue weighted by atomic mass is 9.78. The lowest BCUT2D eigenvalue weighted by molar-refractivity contribution is 0.206. The van der Waals surface area contributed by atoms with E-state index in [1.807, 2.05) is 0 Å². The molecule has 0 saturated heterocycles. The Morgan fingerprint density at radius 2 is 2.43 bits per heavy atom. The molecule has 14 heavy (non-hydrogen) atoms. The van der Waals surface area contributed by atoms with E-state index in [4.69, 9.17) is 5.73 Å². The van der Waals surface area contributed by atoms with Gasteiger partial charge in [-0.3, -0.25) is 0 Å². The predicted octanol–water partition coefficient (Wildman–Crippen LogP) is 2.28. The highest BCUT2D eigenvalue weighted by molar-refractivity contribution is 7.10. The molecule has 1 unspecified atom stereocenters. The van der Waals surface area contributed by atoms with Crippen molar-refractivity contribution < 1.29 is 0 Å². The summed E-state index contributed by atoms with van der Waals surface area (Å²) in [6, 6.07) is 4.33. The molecule has 78 valence electrons. The smallest absolute Gasteiger partial charge is 0.0516 e. The summed E-state index contributed by atoms with van der Waals surface area (Å²) in [5.74, 6) is 0. The van der Waals surface area contributed by atoms with Crippen LogP contribution in [-0.2, 0) is 0 Å². The van der Waals surface area contributed by atoms with E-state index < -0.39 is 0 Å². The maximum absolute atomic E-state index is 6.07. The Kier molecular flexibility index (Phi) is 2.91. The van der Waals surface area contributed by atoms with Crippen molar-refractivity contribution in [2.75, 3.05) is 6.54 Å². The Morgan fingerprint density at radius 1 is 1.64 bits per heavy atom. The lowest BCUT2D eigenvalue weighted by Crippen LogP contribution is -2.50. The van der Waals surface area contributed by atoms with Crippen molar-refractivity contribution in [3.63, 3.8) is 0 Å². The molecule has 1 aromatic heterocycles. The van der Waals surface area contributed by atoms with Gasteiger partial charge in [-0.05, 0) is 37.6 Å². The Morgan fingerprint density at radius 3 is 2.93 bits per heavy atom. The fourth-order valence-electron chi connectivity index (χ4n) is 1.84. The molecular weight excluding hydrogens is 192 g/mol. The third kappa shape index (κ3) is 2.16. The molecule has 0 bridgehead atoms. The number of nitrogens with one attached hydrogen (secondary N) is 1. The van der Waals surface area contributed by atoms with E-state index in [9.17, 15) is 0 Å². The van der Waals surface area contributed by atoms with Gasteiger partial charge in [-0.25, -0.2) is 0 Å². The van der Waals surface area contributed by atoms with Gasteiger partial charge in [-0.15, -0.1) is 11.3 Å². The third-order valence-corrected chi connectivity index (χ3v) is 4.12. The van der Waals surface area contributed by atoms with Gasteiger partial charge in [0.25, 0.3) is 0 Å². The van der Waals surface area contributed by atoms with Crippen LogP contribution in [0.5, 0.6) is 0 Å². The molecule has 1 fully saturated rings. The van der Waals surface area contributed by atoms with Crippen molar-refractivity contribution in [2.24, 2.45) is 5.73 Å². The van der Waals surface area contributed by atoms with Gasteiger partial charge in [0.2, 0.25) is 0 Å². The summed E-state index contributed by atoms with van der Waals surface area (Å²) in [5.41, 5.74) is 6.44. The molecule has 2 nitrogen and oxygen atoms in total. The molecule has 1 saturated carbocycles. The first-order chi connectivity index (χ1) is 6.70. The topological polar surface area (TPSA) is 38.0 Å². The first kappa shape index (κ1) is 10.1. The quantitative estimate of drug-likeness (QED) is 0.800. The highest BCUT2D eigenvalue weighted by Gasteiger charge is 2.31. The van der Waals surface area contributed by atoms with Gasteiger partial charge in [-0.2, -0.15) is 0 Å². The third-order valence-electron chi connectivity index (χ3n) is 3.11. The van der Waals surface area contributed by atoms with E-state index in [-0.39, 0.29) is 6.04 Å². The molecule has 1 aliphatic carbocycles. The molecular formula is C11H18N2S. The summed E-state index contributed by atoms with van der Waals surface area (Å²) in [4.78, 5) is 1.28. The SMILES string of the molecule is CC1(NCC(N)c2cccs2)CCC1. The summed E-state index contributed by atoms with van der Waals surface area (Å²) >= 11 is 1.74. The van der Waals surface area contributed by atoms with E-state index >= 15 is 0 Å². The van der Waals surface area contributed by atoms with Crippen molar-refractivity contribution >= 4 is 11.3 Å². The zero-order chi connectivity index (χ0) is 10.0. The van der Waals surface area contributed by atoms with E-state index in [0.717, 1.165) is 6.54 Å². The highest BCUT2D eigenvalue weighted by atomic mass is 32.1. The molecule has 3 heteroatoms. The number of rotatable bonds is 4. The average Bonchev–Trinajstić information content (AvgIpc) is 2.63. The van der Waals surface area contributed by atoms with Crippen LogP contribution in [0.2, 0.25) is 0 Å². The van der Waals surface area contributed by atoms with Crippen molar-refractivity contribution in [1.29, 1.82) is 0 Å². The molecule has 1 aromatic rings. The Labute approximate surface area is 89.5 Å². The Bertz CT molecular complexity index is 277. The maximum atomic E-state index is 6.07. The number of thiophene rings is 1. The standard InChI is InChI=1S/C11H18N2S/c1-11(5-3-6-11)13-8-9(12)10-4-2-7-14-10/h2,4,7,9,13H,3,5-6,8,12H2,1H3. The van der Waals surface area contributed by atoms with Crippen LogP contribution in [0.25, 0.3) is 0 Å². The van der Waals surface area contributed by atoms with Crippen molar-refractivity contribution in [2.45, 2.75) is 37.8 Å². The summed E-state index contributed by atoms with van der Waals surface area (Å²) < 4.78 is 0. The summed E-state index contributed by atoms with van der Waals surface area (Å²) in [5, 5.41) is 5.65. The highest BCUT2D eigenvalue weighted by Crippen LogP contribution is 2.31. The van der Waals surface area contributed by atoms with E-state index in [0.29, 0.717) is 5.54 Å². The van der Waals surface area contributed by atoms with Crippen LogP contribution in [0.3, 0.4) is 0 Å². The molecule has 2 rings (SSSR count). The molecule has 1 aliphatic rings. The van der Waals surface area contributed by atoms with Crippen LogP contribution >= 0.6 is 11.3 Å². The summed E-state index contributed by atoms with van der Waals surface area (Å²) in [7, 11) is 0. The van der Waals surface area contributed by atoms with Gasteiger partial charge in [0.1, 0.15) is 0 Å². The van der Waals surface area contributed by atoms with E-state index in [1.165, 1.54) is 24.1 Å². The minimum Gasteiger partial charge on any atom is -0.322 e. The molecule has 0 aliphatic heterocycles. The maximum Gasteiger partial charge on any atom is 0.0516 e. The normalized spacial score (nSPS) is 21.6. The van der Waals surface area contributed by atoms with Crippen LogP contribution in [0.15, 0.2) is 17.5 Å². The van der Waals surface area contributed by atoms with Gasteiger partial charge in [0.05, 0.1) is 6.04 Å². The lowest BCUT2D eigenvalue weighted by Gasteiger charge is -2.40. The molecule has 0 aromatic carbocycles. The zero-order valence-electron chi connectivity index (χ0n) is 8.62. The average molecular weight is 210 g/mol. The second-order valence-corrected chi connectivity index (χ2v) is 5.40. The predicted molar refractivity (Wildman–Crippen MR) is 61.5 cm³/mol. The first-order valence-corrected chi connectivity index (χ1v) is 6.12. The van der Waals surface area contributed by atoms with Gasteiger partial charge < -0.3 is 11.1 Å². The van der Waals surface area contributed by atoms with Crippen LogP contribution in [0.4, 0.5) is 0 Å². The monoisotopic (exact) mass is 210 g/mol. The van der Waals surface area contributed by atoms with Gasteiger partial charge in [0.15, 0.2) is 0 Å². The van der Waals surface area contributed by atoms with Crippen LogP contribution in [0, 0.1) is 0 Å². The fourth-order valence-corrected chi connectivity index (χ4v) is 2.57. The molecule has 3 N–H and O–H groups in total. The molecule has 0 amide bonds. The van der Waals surface area contributed by atoms with Gasteiger partial charge in [0, 0.05) is 17.0 Å². The Balaban J connectivity index is 1.80. The van der Waals surface area contributed by atoms with Crippen molar-refractivity contribution in [3.8, 4) is 0 Å². The number of hydrogen-bond donors (Lipinski definition) is 2. The molecule has 1 heterocycles. The van der Waals surface area contributed by atoms with Gasteiger partial charge in [-0.1, -0.05) is 6.07 Å². The molecule has 0 spiro atoms. The molecule has 0 radical (unpaired) electrons. The van der Waals surface area contributed by atoms with Crippen LogP contribution < -0.4 is 11.1 Å². The number of nitrogens with two attached hydrogens (primary N) is 1. The van der Waals surface area contributed by atoms with E-state index in [1.54, 1.807) is 11.3 Å². The minimum atomic E-state index is 0.160. The van der Waals surface area contributed by atoms with Crippen molar-refractivity contribution in [1.82, 2.24) is 5.32 Å². The summed E-state index contributed by atoms with van der Waals surface area (Å²) in [6.45, 7) is 3.19. The van der Waals surface area contributed by atoms with Crippen molar-refractivity contribution in [3.05, 3.63) is 22.4 Å². The number of hydrogen-bond acceptors (Lipinski definition) is 3. The Hall–Kier alpha value is -0.380. The molecule has 1 atom stereocenters. The first-order valence-electron chi connectivity index (χ1n) is 5.24. The fraction of sp³-hybridized carbons (Fsp3) is 0.636. The minimum absolute atomic E-state index is 0.160. The summed E-state index contributed by atoms with van der Waals surface area (Å²) in [6.07, 6.45) is 3.95.